The summed E-state index contributed by atoms with van der Waals surface area (Å²) in [5.41, 5.74) is 0.444. The first-order valence-corrected chi connectivity index (χ1v) is 11.2. The largest absolute Gasteiger partial charge is 0.381 e. The lowest BCUT2D eigenvalue weighted by atomic mass is 9.80. The van der Waals surface area contributed by atoms with E-state index in [1.165, 1.54) is 25.7 Å². The molecular formula is C21H37N5O2. The highest BCUT2D eigenvalue weighted by atomic mass is 16.5. The van der Waals surface area contributed by atoms with Crippen LogP contribution in [0.3, 0.4) is 0 Å². The number of aliphatic imine (C=N–C) groups is 1. The Bertz CT molecular complexity index is 563. The van der Waals surface area contributed by atoms with Gasteiger partial charge in [-0.05, 0) is 37.5 Å². The van der Waals surface area contributed by atoms with Crippen molar-refractivity contribution in [1.82, 2.24) is 20.0 Å². The van der Waals surface area contributed by atoms with E-state index in [9.17, 15) is 4.79 Å². The summed E-state index contributed by atoms with van der Waals surface area (Å²) in [6.45, 7) is 9.72. The molecule has 7 heteroatoms. The van der Waals surface area contributed by atoms with Crippen molar-refractivity contribution < 1.29 is 9.53 Å². The molecule has 3 saturated heterocycles. The number of nitrogens with zero attached hydrogens (tertiary/aromatic N) is 4. The van der Waals surface area contributed by atoms with Gasteiger partial charge in [0, 0.05) is 78.5 Å². The number of rotatable bonds is 4. The lowest BCUT2D eigenvalue weighted by Gasteiger charge is -2.38. The molecule has 1 saturated carbocycles. The summed E-state index contributed by atoms with van der Waals surface area (Å²) in [4.78, 5) is 23.9. The van der Waals surface area contributed by atoms with E-state index >= 15 is 0 Å². The van der Waals surface area contributed by atoms with E-state index in [1.807, 2.05) is 7.05 Å². The molecule has 3 heterocycles. The Morgan fingerprint density at radius 3 is 2.46 bits per heavy atom. The molecule has 4 fully saturated rings. The number of amides is 1. The van der Waals surface area contributed by atoms with Gasteiger partial charge in [0.15, 0.2) is 5.96 Å². The molecule has 0 aromatic heterocycles. The third-order valence-corrected chi connectivity index (χ3v) is 7.35. The van der Waals surface area contributed by atoms with Gasteiger partial charge in [0.2, 0.25) is 5.91 Å². The first-order chi connectivity index (χ1) is 13.7. The number of piperazine rings is 1. The zero-order valence-electron chi connectivity index (χ0n) is 17.5. The molecule has 1 amide bonds. The Hall–Kier alpha value is -1.34. The Kier molecular flexibility index (Phi) is 6.41. The van der Waals surface area contributed by atoms with Crippen LogP contribution < -0.4 is 5.32 Å². The zero-order valence-corrected chi connectivity index (χ0v) is 17.5. The molecule has 4 rings (SSSR count). The molecule has 0 aromatic carbocycles. The van der Waals surface area contributed by atoms with E-state index in [0.717, 1.165) is 84.4 Å². The number of carbonyl (C=O) groups is 1. The summed E-state index contributed by atoms with van der Waals surface area (Å²) in [5, 5.41) is 3.57. The van der Waals surface area contributed by atoms with Gasteiger partial charge in [-0.2, -0.15) is 0 Å². The average Bonchev–Trinajstić information content (AvgIpc) is 3.08. The second-order valence-corrected chi connectivity index (χ2v) is 9.05. The molecule has 4 aliphatic rings. The monoisotopic (exact) mass is 391 g/mol. The van der Waals surface area contributed by atoms with Crippen molar-refractivity contribution in [2.45, 2.75) is 38.5 Å². The minimum atomic E-state index is 0.330. The highest BCUT2D eigenvalue weighted by Crippen LogP contribution is 2.39. The van der Waals surface area contributed by atoms with Crippen molar-refractivity contribution >= 4 is 11.9 Å². The second-order valence-electron chi connectivity index (χ2n) is 9.05. The van der Waals surface area contributed by atoms with Crippen molar-refractivity contribution in [2.24, 2.45) is 16.3 Å². The van der Waals surface area contributed by atoms with Crippen LogP contribution >= 0.6 is 0 Å². The van der Waals surface area contributed by atoms with Gasteiger partial charge in [0.25, 0.3) is 0 Å². The van der Waals surface area contributed by atoms with Crippen molar-refractivity contribution in [2.75, 3.05) is 72.6 Å². The van der Waals surface area contributed by atoms with Crippen LogP contribution in [0.25, 0.3) is 0 Å². The summed E-state index contributed by atoms with van der Waals surface area (Å²) in [7, 11) is 1.89. The van der Waals surface area contributed by atoms with Crippen LogP contribution in [-0.4, -0.2) is 99.2 Å². The lowest BCUT2D eigenvalue weighted by molar-refractivity contribution is -0.139. The smallest absolute Gasteiger partial charge is 0.225 e. The Balaban J connectivity index is 1.16. The van der Waals surface area contributed by atoms with Gasteiger partial charge >= 0.3 is 0 Å². The maximum absolute atomic E-state index is 12.4. The summed E-state index contributed by atoms with van der Waals surface area (Å²) in [6, 6.07) is 0. The highest BCUT2D eigenvalue weighted by Gasteiger charge is 2.40. The van der Waals surface area contributed by atoms with E-state index in [0.29, 0.717) is 17.2 Å². The van der Waals surface area contributed by atoms with E-state index in [1.54, 1.807) is 0 Å². The van der Waals surface area contributed by atoms with Crippen LogP contribution in [0.5, 0.6) is 0 Å². The van der Waals surface area contributed by atoms with Crippen molar-refractivity contribution in [3.05, 3.63) is 0 Å². The molecule has 1 N–H and O–H groups in total. The third kappa shape index (κ3) is 4.46. The molecule has 0 atom stereocenters. The Morgan fingerprint density at radius 1 is 1.07 bits per heavy atom. The maximum Gasteiger partial charge on any atom is 0.225 e. The van der Waals surface area contributed by atoms with Crippen molar-refractivity contribution in [3.8, 4) is 0 Å². The van der Waals surface area contributed by atoms with Gasteiger partial charge in [-0.3, -0.25) is 14.7 Å². The quantitative estimate of drug-likeness (QED) is 0.573. The Morgan fingerprint density at radius 2 is 1.82 bits per heavy atom. The van der Waals surface area contributed by atoms with Crippen LogP contribution in [0.15, 0.2) is 4.99 Å². The molecule has 0 aromatic rings. The molecule has 1 spiro atoms. The van der Waals surface area contributed by atoms with Gasteiger partial charge in [0.05, 0.1) is 0 Å². The van der Waals surface area contributed by atoms with Crippen molar-refractivity contribution in [3.63, 3.8) is 0 Å². The number of ether oxygens (including phenoxy) is 1. The maximum atomic E-state index is 12.4. The molecular weight excluding hydrogens is 354 g/mol. The van der Waals surface area contributed by atoms with Gasteiger partial charge in [-0.1, -0.05) is 6.42 Å². The molecule has 28 heavy (non-hydrogen) atoms. The van der Waals surface area contributed by atoms with Crippen LogP contribution in [0.1, 0.15) is 38.5 Å². The fourth-order valence-corrected chi connectivity index (χ4v) is 5.09. The first-order valence-electron chi connectivity index (χ1n) is 11.2. The minimum absolute atomic E-state index is 0.330. The first kappa shape index (κ1) is 20.0. The fourth-order valence-electron chi connectivity index (χ4n) is 5.09. The molecule has 158 valence electrons. The molecule has 1 aliphatic carbocycles. The van der Waals surface area contributed by atoms with Gasteiger partial charge in [-0.25, -0.2) is 0 Å². The molecule has 0 radical (unpaired) electrons. The number of hydrogen-bond donors (Lipinski definition) is 1. The van der Waals surface area contributed by atoms with Gasteiger partial charge < -0.3 is 19.9 Å². The molecule has 3 aliphatic heterocycles. The molecule has 0 unspecified atom stereocenters. The van der Waals surface area contributed by atoms with Crippen LogP contribution in [0, 0.1) is 11.3 Å². The SMILES string of the molecule is CN=C(NCCN1CCN(C(=O)C2CCC2)CC1)N1CCC2(CCOCC2)C1. The molecule has 7 nitrogen and oxygen atoms in total. The fraction of sp³-hybridized carbons (Fsp3) is 0.905. The number of hydrogen-bond acceptors (Lipinski definition) is 4. The van der Waals surface area contributed by atoms with E-state index < -0.39 is 0 Å². The number of carbonyl (C=O) groups excluding carboxylic acids is 1. The normalized spacial score (nSPS) is 26.5. The standard InChI is InChI=1S/C21H37N5O2/c1-22-20(26-9-5-21(17-26)6-15-28-16-7-21)23-8-10-24-11-13-25(14-12-24)19(27)18-3-2-4-18/h18H,2-17H2,1H3,(H,22,23). The summed E-state index contributed by atoms with van der Waals surface area (Å²) < 4.78 is 5.56. The lowest BCUT2D eigenvalue weighted by Crippen LogP contribution is -2.52. The average molecular weight is 392 g/mol. The third-order valence-electron chi connectivity index (χ3n) is 7.35. The zero-order chi connectivity index (χ0) is 19.4. The van der Waals surface area contributed by atoms with E-state index in [4.69, 9.17) is 4.74 Å². The topological polar surface area (TPSA) is 60.4 Å². The number of nitrogens with one attached hydrogen (secondary N) is 1. The predicted octanol–water partition coefficient (Wildman–Crippen LogP) is 1.01. The predicted molar refractivity (Wildman–Crippen MR) is 110 cm³/mol. The number of likely N-dealkylation sites (tertiary alicyclic amines) is 1. The highest BCUT2D eigenvalue weighted by molar-refractivity contribution is 5.80. The number of guanidine groups is 1. The second kappa shape index (κ2) is 8.99. The van der Waals surface area contributed by atoms with Crippen LogP contribution in [-0.2, 0) is 9.53 Å². The minimum Gasteiger partial charge on any atom is -0.381 e. The van der Waals surface area contributed by atoms with Crippen molar-refractivity contribution in [1.29, 1.82) is 0 Å². The summed E-state index contributed by atoms with van der Waals surface area (Å²) >= 11 is 0. The summed E-state index contributed by atoms with van der Waals surface area (Å²) in [6.07, 6.45) is 7.07. The van der Waals surface area contributed by atoms with E-state index in [-0.39, 0.29) is 0 Å². The Labute approximate surface area is 169 Å². The van der Waals surface area contributed by atoms with Crippen LogP contribution in [0.2, 0.25) is 0 Å². The summed E-state index contributed by atoms with van der Waals surface area (Å²) in [5.74, 6) is 1.78. The van der Waals surface area contributed by atoms with Crippen LogP contribution in [0.4, 0.5) is 0 Å². The van der Waals surface area contributed by atoms with E-state index in [2.05, 4.69) is 25.0 Å². The molecule has 0 bridgehead atoms. The van der Waals surface area contributed by atoms with Gasteiger partial charge in [0.1, 0.15) is 0 Å². The van der Waals surface area contributed by atoms with Gasteiger partial charge in [-0.15, -0.1) is 0 Å².